The molecule has 0 unspecified atom stereocenters. The molecule has 0 radical (unpaired) electrons. The lowest BCUT2D eigenvalue weighted by Crippen LogP contribution is -2.37. The van der Waals surface area contributed by atoms with Gasteiger partial charge in [0.15, 0.2) is 17.4 Å². The minimum atomic E-state index is 0.523. The van der Waals surface area contributed by atoms with E-state index in [-0.39, 0.29) is 0 Å². The first-order valence-corrected chi connectivity index (χ1v) is 8.10. The summed E-state index contributed by atoms with van der Waals surface area (Å²) in [6, 6.07) is 9.61. The highest BCUT2D eigenvalue weighted by atomic mass is 16.5. The molecule has 0 bridgehead atoms. The van der Waals surface area contributed by atoms with Crippen molar-refractivity contribution in [2.24, 2.45) is 4.99 Å². The third-order valence-electron chi connectivity index (χ3n) is 3.57. The van der Waals surface area contributed by atoms with Crippen LogP contribution in [0, 0.1) is 0 Å². The van der Waals surface area contributed by atoms with E-state index < -0.39 is 0 Å². The molecule has 2 N–H and O–H groups in total. The zero-order valence-corrected chi connectivity index (χ0v) is 14.3. The van der Waals surface area contributed by atoms with Crippen LogP contribution in [0.15, 0.2) is 47.7 Å². The Morgan fingerprint density at radius 2 is 2.16 bits per heavy atom. The number of hydrogen-bond donors (Lipinski definition) is 2. The van der Waals surface area contributed by atoms with Crippen molar-refractivity contribution in [1.29, 1.82) is 0 Å². The van der Waals surface area contributed by atoms with Gasteiger partial charge in [0, 0.05) is 25.0 Å². The van der Waals surface area contributed by atoms with Crippen LogP contribution in [0.3, 0.4) is 0 Å². The minimum Gasteiger partial charge on any atom is -0.481 e. The van der Waals surface area contributed by atoms with Crippen molar-refractivity contribution in [3.8, 4) is 5.88 Å². The molecule has 0 spiro atoms. The lowest BCUT2D eigenvalue weighted by Gasteiger charge is -2.10. The number of guanidine groups is 1. The van der Waals surface area contributed by atoms with Crippen molar-refractivity contribution >= 4 is 11.6 Å². The predicted octanol–water partition coefficient (Wildman–Crippen LogP) is 1.39. The first-order chi connectivity index (χ1) is 12.3. The molecule has 3 aromatic heterocycles. The molecule has 3 aromatic rings. The van der Waals surface area contributed by atoms with Crippen LogP contribution in [0.4, 0.5) is 0 Å². The Kier molecular flexibility index (Phi) is 5.40. The number of ether oxygens (including phenoxy) is 1. The summed E-state index contributed by atoms with van der Waals surface area (Å²) in [5.74, 6) is 2.12. The largest absolute Gasteiger partial charge is 0.481 e. The number of aromatic nitrogens is 4. The van der Waals surface area contributed by atoms with E-state index in [1.165, 1.54) is 0 Å². The van der Waals surface area contributed by atoms with Crippen LogP contribution in [-0.4, -0.2) is 39.2 Å². The van der Waals surface area contributed by atoms with Crippen LogP contribution in [-0.2, 0) is 13.1 Å². The lowest BCUT2D eigenvalue weighted by atomic mass is 10.3. The molecule has 0 aliphatic rings. The number of aliphatic imine (C=N–C) groups is 1. The summed E-state index contributed by atoms with van der Waals surface area (Å²) in [7, 11) is 1.60. The minimum absolute atomic E-state index is 0.523. The topological polar surface area (TPSA) is 88.7 Å². The van der Waals surface area contributed by atoms with Gasteiger partial charge in [-0.15, -0.1) is 10.2 Å². The maximum Gasteiger partial charge on any atom is 0.213 e. The van der Waals surface area contributed by atoms with Crippen molar-refractivity contribution in [3.05, 3.63) is 54.1 Å². The molecule has 0 amide bonds. The average molecular weight is 339 g/mol. The van der Waals surface area contributed by atoms with E-state index in [4.69, 9.17) is 4.74 Å². The second-order valence-electron chi connectivity index (χ2n) is 5.30. The van der Waals surface area contributed by atoms with Gasteiger partial charge in [0.05, 0.1) is 20.2 Å². The predicted molar refractivity (Wildman–Crippen MR) is 95.4 cm³/mol. The quantitative estimate of drug-likeness (QED) is 0.521. The Labute approximate surface area is 146 Å². The molecule has 0 aliphatic carbocycles. The zero-order valence-electron chi connectivity index (χ0n) is 14.3. The Hall–Kier alpha value is -3.16. The number of fused-ring (bicyclic) bond motifs is 1. The summed E-state index contributed by atoms with van der Waals surface area (Å²) in [5.41, 5.74) is 1.85. The van der Waals surface area contributed by atoms with E-state index >= 15 is 0 Å². The third-order valence-corrected chi connectivity index (χ3v) is 3.57. The second-order valence-corrected chi connectivity index (χ2v) is 5.30. The molecule has 130 valence electrons. The lowest BCUT2D eigenvalue weighted by molar-refractivity contribution is 0.397. The molecule has 0 atom stereocenters. The Bertz CT molecular complexity index is 859. The van der Waals surface area contributed by atoms with Crippen LogP contribution >= 0.6 is 0 Å². The highest BCUT2D eigenvalue weighted by molar-refractivity contribution is 5.79. The van der Waals surface area contributed by atoms with Crippen LogP contribution in [0.1, 0.15) is 18.3 Å². The Balaban J connectivity index is 1.68. The SMILES string of the molecule is CCNC(=NCc1ccnc(OC)c1)NCc1nnc2ccccn12. The average Bonchev–Trinajstić information content (AvgIpc) is 3.07. The summed E-state index contributed by atoms with van der Waals surface area (Å²) < 4.78 is 7.09. The van der Waals surface area contributed by atoms with Gasteiger partial charge in [-0.1, -0.05) is 6.07 Å². The number of nitrogens with one attached hydrogen (secondary N) is 2. The molecule has 0 aliphatic heterocycles. The fourth-order valence-electron chi connectivity index (χ4n) is 2.35. The monoisotopic (exact) mass is 339 g/mol. The molecule has 3 rings (SSSR count). The van der Waals surface area contributed by atoms with Crippen molar-refractivity contribution in [2.45, 2.75) is 20.0 Å². The van der Waals surface area contributed by atoms with Gasteiger partial charge in [-0.05, 0) is 30.7 Å². The van der Waals surface area contributed by atoms with Crippen molar-refractivity contribution in [2.75, 3.05) is 13.7 Å². The van der Waals surface area contributed by atoms with E-state index in [1.54, 1.807) is 13.3 Å². The molecule has 8 nitrogen and oxygen atoms in total. The van der Waals surface area contributed by atoms with Crippen LogP contribution in [0.5, 0.6) is 5.88 Å². The van der Waals surface area contributed by atoms with Gasteiger partial charge in [-0.25, -0.2) is 9.98 Å². The summed E-state index contributed by atoms with van der Waals surface area (Å²) >= 11 is 0. The van der Waals surface area contributed by atoms with Gasteiger partial charge in [0.25, 0.3) is 0 Å². The Morgan fingerprint density at radius 1 is 1.24 bits per heavy atom. The molecule has 0 saturated heterocycles. The number of nitrogens with zero attached hydrogens (tertiary/aromatic N) is 5. The van der Waals surface area contributed by atoms with Gasteiger partial charge in [0.1, 0.15) is 0 Å². The normalized spacial score (nSPS) is 11.5. The maximum atomic E-state index is 5.14. The number of methoxy groups -OCH3 is 1. The molecular formula is C17H21N7O. The molecule has 0 aromatic carbocycles. The third kappa shape index (κ3) is 4.23. The first kappa shape index (κ1) is 16.7. The van der Waals surface area contributed by atoms with E-state index in [0.29, 0.717) is 24.9 Å². The van der Waals surface area contributed by atoms with Gasteiger partial charge in [-0.2, -0.15) is 0 Å². The van der Waals surface area contributed by atoms with Crippen LogP contribution < -0.4 is 15.4 Å². The maximum absolute atomic E-state index is 5.14. The van der Waals surface area contributed by atoms with Gasteiger partial charge < -0.3 is 15.4 Å². The van der Waals surface area contributed by atoms with E-state index in [9.17, 15) is 0 Å². The molecular weight excluding hydrogens is 318 g/mol. The molecule has 25 heavy (non-hydrogen) atoms. The molecule has 0 saturated carbocycles. The fourth-order valence-corrected chi connectivity index (χ4v) is 2.35. The number of pyridine rings is 2. The summed E-state index contributed by atoms with van der Waals surface area (Å²) in [6.07, 6.45) is 3.66. The van der Waals surface area contributed by atoms with E-state index in [1.807, 2.05) is 47.9 Å². The molecule has 8 heteroatoms. The summed E-state index contributed by atoms with van der Waals surface area (Å²) in [6.45, 7) is 3.84. The Morgan fingerprint density at radius 3 is 3.00 bits per heavy atom. The second kappa shape index (κ2) is 8.09. The highest BCUT2D eigenvalue weighted by Gasteiger charge is 2.05. The van der Waals surface area contributed by atoms with Crippen molar-refractivity contribution in [1.82, 2.24) is 30.2 Å². The molecule has 3 heterocycles. The zero-order chi connectivity index (χ0) is 17.5. The standard InChI is InChI=1S/C17H21N7O/c1-3-18-17(20-11-13-7-8-19-16(10-13)25-2)21-12-15-23-22-14-6-4-5-9-24(14)15/h4-10H,3,11-12H2,1-2H3,(H2,18,20,21). The van der Waals surface area contributed by atoms with Gasteiger partial charge in [0.2, 0.25) is 5.88 Å². The summed E-state index contributed by atoms with van der Waals surface area (Å²) in [5, 5.41) is 14.9. The van der Waals surface area contributed by atoms with E-state index in [0.717, 1.165) is 23.6 Å². The van der Waals surface area contributed by atoms with Crippen LogP contribution in [0.25, 0.3) is 5.65 Å². The van der Waals surface area contributed by atoms with Crippen molar-refractivity contribution < 1.29 is 4.74 Å². The van der Waals surface area contributed by atoms with Crippen molar-refractivity contribution in [3.63, 3.8) is 0 Å². The highest BCUT2D eigenvalue weighted by Crippen LogP contribution is 2.09. The number of rotatable bonds is 6. The molecule has 0 fully saturated rings. The van der Waals surface area contributed by atoms with E-state index in [2.05, 4.69) is 30.8 Å². The summed E-state index contributed by atoms with van der Waals surface area (Å²) in [4.78, 5) is 8.69. The van der Waals surface area contributed by atoms with Gasteiger partial charge >= 0.3 is 0 Å². The number of hydrogen-bond acceptors (Lipinski definition) is 5. The first-order valence-electron chi connectivity index (χ1n) is 8.10. The smallest absolute Gasteiger partial charge is 0.213 e. The van der Waals surface area contributed by atoms with Gasteiger partial charge in [-0.3, -0.25) is 4.40 Å². The fraction of sp³-hybridized carbons (Fsp3) is 0.294. The van der Waals surface area contributed by atoms with Crippen LogP contribution in [0.2, 0.25) is 0 Å².